The average Bonchev–Trinajstić information content (AvgIpc) is 3.20. The van der Waals surface area contributed by atoms with E-state index in [0.29, 0.717) is 37.0 Å². The third-order valence-electron chi connectivity index (χ3n) is 4.67. The molecule has 27 heavy (non-hydrogen) atoms. The lowest BCUT2D eigenvalue weighted by molar-refractivity contribution is -0.127. The second-order valence-electron chi connectivity index (χ2n) is 6.80. The van der Waals surface area contributed by atoms with Gasteiger partial charge in [0, 0.05) is 37.1 Å². The smallest absolute Gasteiger partial charge is 0.246 e. The summed E-state index contributed by atoms with van der Waals surface area (Å²) >= 11 is 1.57. The minimum Gasteiger partial charge on any atom is -0.337 e. The number of carbonyl (C=O) groups excluding carboxylic acids is 1. The quantitative estimate of drug-likeness (QED) is 0.718. The molecule has 0 unspecified atom stereocenters. The maximum Gasteiger partial charge on any atom is 0.246 e. The second-order valence-corrected chi connectivity index (χ2v) is 9.72. The molecule has 0 saturated carbocycles. The van der Waals surface area contributed by atoms with Gasteiger partial charge in [0.15, 0.2) is 0 Å². The molecule has 1 fully saturated rings. The molecular formula is C20H24N2O3S2. The molecule has 0 aliphatic carbocycles. The number of thiophene rings is 1. The third kappa shape index (κ3) is 4.66. The summed E-state index contributed by atoms with van der Waals surface area (Å²) in [4.78, 5) is 15.3. The van der Waals surface area contributed by atoms with Gasteiger partial charge in [0.25, 0.3) is 0 Å². The van der Waals surface area contributed by atoms with Crippen LogP contribution in [0.15, 0.2) is 52.7 Å². The molecule has 1 aliphatic heterocycles. The molecule has 1 aromatic heterocycles. The summed E-state index contributed by atoms with van der Waals surface area (Å²) in [6.07, 6.45) is 3.35. The molecule has 1 aromatic carbocycles. The molecule has 3 rings (SSSR count). The zero-order valence-electron chi connectivity index (χ0n) is 15.5. The first kappa shape index (κ1) is 19.8. The highest BCUT2D eigenvalue weighted by molar-refractivity contribution is 7.89. The van der Waals surface area contributed by atoms with Crippen molar-refractivity contribution in [3.05, 3.63) is 58.3 Å². The molecule has 2 heterocycles. The van der Waals surface area contributed by atoms with Crippen LogP contribution in [0.5, 0.6) is 0 Å². The molecule has 0 spiro atoms. The van der Waals surface area contributed by atoms with Crippen molar-refractivity contribution in [3.63, 3.8) is 0 Å². The summed E-state index contributed by atoms with van der Waals surface area (Å²) < 4.78 is 27.1. The van der Waals surface area contributed by atoms with Crippen LogP contribution in [0, 0.1) is 0 Å². The molecule has 1 saturated heterocycles. The van der Waals surface area contributed by atoms with Gasteiger partial charge >= 0.3 is 0 Å². The van der Waals surface area contributed by atoms with Crippen LogP contribution < -0.4 is 0 Å². The standard InChI is InChI=1S/C20H24N2O3S2/c1-16(2)17-5-8-19(9-6-17)27(24,25)22-13-11-21(12-14-22)20(23)10-7-18-4-3-15-26-18/h3-10,15-16H,11-14H2,1-2H3/b10-7+. The molecule has 144 valence electrons. The topological polar surface area (TPSA) is 57.7 Å². The molecule has 1 aliphatic rings. The van der Waals surface area contributed by atoms with Gasteiger partial charge in [-0.1, -0.05) is 32.0 Å². The Morgan fingerprint density at radius 2 is 1.74 bits per heavy atom. The van der Waals surface area contributed by atoms with E-state index in [4.69, 9.17) is 0 Å². The van der Waals surface area contributed by atoms with Gasteiger partial charge in [-0.3, -0.25) is 4.79 Å². The largest absolute Gasteiger partial charge is 0.337 e. The highest BCUT2D eigenvalue weighted by Gasteiger charge is 2.29. The Morgan fingerprint density at radius 1 is 1.07 bits per heavy atom. The van der Waals surface area contributed by atoms with Crippen molar-refractivity contribution in [1.29, 1.82) is 0 Å². The van der Waals surface area contributed by atoms with Gasteiger partial charge in [-0.05, 0) is 41.1 Å². The van der Waals surface area contributed by atoms with Crippen molar-refractivity contribution in [1.82, 2.24) is 9.21 Å². The zero-order chi connectivity index (χ0) is 19.4. The van der Waals surface area contributed by atoms with Crippen molar-refractivity contribution in [2.24, 2.45) is 0 Å². The Morgan fingerprint density at radius 3 is 2.30 bits per heavy atom. The summed E-state index contributed by atoms with van der Waals surface area (Å²) in [5.41, 5.74) is 1.11. The summed E-state index contributed by atoms with van der Waals surface area (Å²) in [7, 11) is -3.52. The minimum atomic E-state index is -3.52. The maximum atomic E-state index is 12.8. The number of carbonyl (C=O) groups is 1. The number of piperazine rings is 1. The van der Waals surface area contributed by atoms with E-state index in [2.05, 4.69) is 13.8 Å². The van der Waals surface area contributed by atoms with E-state index in [-0.39, 0.29) is 5.91 Å². The Hall–Kier alpha value is -1.96. The van der Waals surface area contributed by atoms with Gasteiger partial charge in [0.1, 0.15) is 0 Å². The lowest BCUT2D eigenvalue weighted by atomic mass is 10.0. The van der Waals surface area contributed by atoms with Gasteiger partial charge < -0.3 is 4.90 Å². The van der Waals surface area contributed by atoms with E-state index in [1.165, 1.54) is 4.31 Å². The number of rotatable bonds is 5. The van der Waals surface area contributed by atoms with Crippen LogP contribution in [-0.4, -0.2) is 49.7 Å². The maximum absolute atomic E-state index is 12.8. The number of hydrogen-bond acceptors (Lipinski definition) is 4. The van der Waals surface area contributed by atoms with Crippen LogP contribution in [-0.2, 0) is 14.8 Å². The van der Waals surface area contributed by atoms with Crippen molar-refractivity contribution < 1.29 is 13.2 Å². The summed E-state index contributed by atoms with van der Waals surface area (Å²) in [6, 6.07) is 11.0. The van der Waals surface area contributed by atoms with Crippen molar-refractivity contribution in [2.75, 3.05) is 26.2 Å². The van der Waals surface area contributed by atoms with Crippen molar-refractivity contribution in [3.8, 4) is 0 Å². The van der Waals surface area contributed by atoms with Crippen molar-refractivity contribution in [2.45, 2.75) is 24.7 Å². The monoisotopic (exact) mass is 404 g/mol. The predicted octanol–water partition coefficient (Wildman–Crippen LogP) is 3.42. The molecule has 0 radical (unpaired) electrons. The van der Waals surface area contributed by atoms with Crippen LogP contribution in [0.4, 0.5) is 0 Å². The molecule has 2 aromatic rings. The number of nitrogens with zero attached hydrogens (tertiary/aromatic N) is 2. The van der Waals surface area contributed by atoms with E-state index in [9.17, 15) is 13.2 Å². The first-order chi connectivity index (χ1) is 12.9. The van der Waals surface area contributed by atoms with Gasteiger partial charge in [-0.25, -0.2) is 8.42 Å². The van der Waals surface area contributed by atoms with E-state index in [0.717, 1.165) is 10.4 Å². The van der Waals surface area contributed by atoms with Crippen molar-refractivity contribution >= 4 is 33.3 Å². The highest BCUT2D eigenvalue weighted by Crippen LogP contribution is 2.21. The van der Waals surface area contributed by atoms with E-state index >= 15 is 0 Å². The molecule has 0 bridgehead atoms. The lowest BCUT2D eigenvalue weighted by Crippen LogP contribution is -2.50. The zero-order valence-corrected chi connectivity index (χ0v) is 17.2. The Labute approximate surface area is 165 Å². The molecule has 7 heteroatoms. The van der Waals surface area contributed by atoms with Gasteiger partial charge in [-0.15, -0.1) is 11.3 Å². The second kappa shape index (κ2) is 8.37. The van der Waals surface area contributed by atoms with Gasteiger partial charge in [0.2, 0.25) is 15.9 Å². The highest BCUT2D eigenvalue weighted by atomic mass is 32.2. The molecular weight excluding hydrogens is 380 g/mol. The van der Waals surface area contributed by atoms with Crippen LogP contribution in [0.25, 0.3) is 6.08 Å². The van der Waals surface area contributed by atoms with Crippen LogP contribution in [0.3, 0.4) is 0 Å². The first-order valence-electron chi connectivity index (χ1n) is 8.98. The van der Waals surface area contributed by atoms with Crippen LogP contribution >= 0.6 is 11.3 Å². The van der Waals surface area contributed by atoms with Crippen LogP contribution in [0.1, 0.15) is 30.2 Å². The van der Waals surface area contributed by atoms with Crippen LogP contribution in [0.2, 0.25) is 0 Å². The lowest BCUT2D eigenvalue weighted by Gasteiger charge is -2.33. The molecule has 0 atom stereocenters. The summed E-state index contributed by atoms with van der Waals surface area (Å²) in [5.74, 6) is 0.278. The normalized spacial score (nSPS) is 16.3. The van der Waals surface area contributed by atoms with E-state index in [1.807, 2.05) is 29.6 Å². The van der Waals surface area contributed by atoms with Gasteiger partial charge in [0.05, 0.1) is 4.90 Å². The number of hydrogen-bond donors (Lipinski definition) is 0. The fourth-order valence-electron chi connectivity index (χ4n) is 2.97. The van der Waals surface area contributed by atoms with E-state index < -0.39 is 10.0 Å². The fraction of sp³-hybridized carbons (Fsp3) is 0.350. The first-order valence-corrected chi connectivity index (χ1v) is 11.3. The Kier molecular flexibility index (Phi) is 6.14. The number of benzene rings is 1. The Balaban J connectivity index is 1.61. The molecule has 0 N–H and O–H groups in total. The Bertz CT molecular complexity index is 893. The number of amides is 1. The third-order valence-corrected chi connectivity index (χ3v) is 7.42. The van der Waals surface area contributed by atoms with E-state index in [1.54, 1.807) is 40.5 Å². The minimum absolute atomic E-state index is 0.0817. The number of sulfonamides is 1. The summed E-state index contributed by atoms with van der Waals surface area (Å²) in [6.45, 7) is 5.58. The molecule has 5 nitrogen and oxygen atoms in total. The average molecular weight is 405 g/mol. The molecule has 1 amide bonds. The van der Waals surface area contributed by atoms with Gasteiger partial charge in [-0.2, -0.15) is 4.31 Å². The SMILES string of the molecule is CC(C)c1ccc(S(=O)(=O)N2CCN(C(=O)/C=C/c3cccs3)CC2)cc1. The fourth-order valence-corrected chi connectivity index (χ4v) is 5.01. The summed E-state index contributed by atoms with van der Waals surface area (Å²) in [5, 5.41) is 1.96. The predicted molar refractivity (Wildman–Crippen MR) is 109 cm³/mol.